The van der Waals surface area contributed by atoms with Crippen LogP contribution in [0.4, 0.5) is 0 Å². The summed E-state index contributed by atoms with van der Waals surface area (Å²) in [6.45, 7) is 5.93. The fourth-order valence-corrected chi connectivity index (χ4v) is 2.37. The number of nitrogens with zero attached hydrogens (tertiary/aromatic N) is 1. The molecule has 2 rings (SSSR count). The maximum atomic E-state index is 10.7. The summed E-state index contributed by atoms with van der Waals surface area (Å²) in [5.74, 6) is 0. The Morgan fingerprint density at radius 3 is 2.35 bits per heavy atom. The van der Waals surface area contributed by atoms with Crippen molar-refractivity contribution in [3.8, 4) is 6.07 Å². The van der Waals surface area contributed by atoms with Gasteiger partial charge >= 0.3 is 0 Å². The molecule has 0 heterocycles. The fraction of sp³-hybridized carbons (Fsp3) is 0.278. The summed E-state index contributed by atoms with van der Waals surface area (Å²) in [7, 11) is 0. The minimum absolute atomic E-state index is 0.562. The largest absolute Gasteiger partial charge is 0.385 e. The average molecular weight is 265 g/mol. The van der Waals surface area contributed by atoms with E-state index in [1.54, 1.807) is 12.1 Å². The number of benzene rings is 2. The summed E-state index contributed by atoms with van der Waals surface area (Å²) >= 11 is 0. The van der Waals surface area contributed by atoms with Gasteiger partial charge in [-0.25, -0.2) is 0 Å². The average Bonchev–Trinajstić information content (AvgIpc) is 2.43. The van der Waals surface area contributed by atoms with Gasteiger partial charge in [-0.15, -0.1) is 0 Å². The topological polar surface area (TPSA) is 44.0 Å². The highest BCUT2D eigenvalue weighted by molar-refractivity contribution is 5.37. The second-order valence-corrected chi connectivity index (χ2v) is 5.57. The van der Waals surface area contributed by atoms with Crippen LogP contribution in [-0.2, 0) is 12.0 Å². The van der Waals surface area contributed by atoms with Gasteiger partial charge in [0.15, 0.2) is 0 Å². The molecule has 0 aliphatic heterocycles. The first-order valence-electron chi connectivity index (χ1n) is 6.71. The van der Waals surface area contributed by atoms with E-state index >= 15 is 0 Å². The van der Waals surface area contributed by atoms with Crippen LogP contribution >= 0.6 is 0 Å². The van der Waals surface area contributed by atoms with E-state index in [1.165, 1.54) is 11.1 Å². The summed E-state index contributed by atoms with van der Waals surface area (Å²) in [4.78, 5) is 0. The van der Waals surface area contributed by atoms with E-state index in [0.717, 1.165) is 11.1 Å². The Bertz CT molecular complexity index is 648. The van der Waals surface area contributed by atoms with Crippen molar-refractivity contribution in [3.63, 3.8) is 0 Å². The predicted octanol–water partition coefficient (Wildman–Crippen LogP) is 3.63. The SMILES string of the molecule is Cc1ccc(C)c(CC(C)(O)c2ccc(C#N)cc2)c1. The third-order valence-corrected chi connectivity index (χ3v) is 3.68. The minimum atomic E-state index is -0.938. The second-order valence-electron chi connectivity index (χ2n) is 5.57. The first-order valence-corrected chi connectivity index (χ1v) is 6.71. The highest BCUT2D eigenvalue weighted by atomic mass is 16.3. The van der Waals surface area contributed by atoms with E-state index in [9.17, 15) is 5.11 Å². The van der Waals surface area contributed by atoms with Gasteiger partial charge in [0.2, 0.25) is 0 Å². The first-order chi connectivity index (χ1) is 9.42. The predicted molar refractivity (Wildman–Crippen MR) is 80.3 cm³/mol. The second kappa shape index (κ2) is 5.48. The molecule has 2 nitrogen and oxygen atoms in total. The summed E-state index contributed by atoms with van der Waals surface area (Å²) in [6.07, 6.45) is 0.562. The van der Waals surface area contributed by atoms with Crippen molar-refractivity contribution in [2.45, 2.75) is 32.8 Å². The molecule has 0 saturated heterocycles. The molecule has 0 radical (unpaired) electrons. The zero-order chi connectivity index (χ0) is 14.8. The maximum absolute atomic E-state index is 10.7. The molecule has 2 aromatic carbocycles. The molecule has 0 saturated carbocycles. The molecule has 0 amide bonds. The van der Waals surface area contributed by atoms with Gasteiger partial charge in [-0.3, -0.25) is 0 Å². The van der Waals surface area contributed by atoms with Crippen molar-refractivity contribution in [1.29, 1.82) is 5.26 Å². The van der Waals surface area contributed by atoms with Gasteiger partial charge in [-0.1, -0.05) is 35.9 Å². The number of aliphatic hydroxyl groups is 1. The van der Waals surface area contributed by atoms with Crippen LogP contribution in [0.25, 0.3) is 0 Å². The molecule has 1 N–H and O–H groups in total. The third-order valence-electron chi connectivity index (χ3n) is 3.68. The molecule has 0 aliphatic rings. The normalized spacial score (nSPS) is 13.6. The van der Waals surface area contributed by atoms with E-state index in [4.69, 9.17) is 5.26 Å². The van der Waals surface area contributed by atoms with Gasteiger partial charge in [0.1, 0.15) is 0 Å². The summed E-state index contributed by atoms with van der Waals surface area (Å²) < 4.78 is 0. The van der Waals surface area contributed by atoms with Crippen LogP contribution in [0, 0.1) is 25.2 Å². The van der Waals surface area contributed by atoms with Crippen LogP contribution in [0.5, 0.6) is 0 Å². The molecule has 0 aromatic heterocycles. The molecule has 102 valence electrons. The molecule has 0 bridgehead atoms. The van der Waals surface area contributed by atoms with Gasteiger partial charge in [0.05, 0.1) is 17.2 Å². The zero-order valence-electron chi connectivity index (χ0n) is 12.1. The number of nitriles is 1. The highest BCUT2D eigenvalue weighted by Crippen LogP contribution is 2.27. The maximum Gasteiger partial charge on any atom is 0.0991 e. The fourth-order valence-electron chi connectivity index (χ4n) is 2.37. The van der Waals surface area contributed by atoms with Gasteiger partial charge < -0.3 is 5.11 Å². The number of hydrogen-bond acceptors (Lipinski definition) is 2. The lowest BCUT2D eigenvalue weighted by molar-refractivity contribution is 0.0574. The molecular formula is C18H19NO. The van der Waals surface area contributed by atoms with Gasteiger partial charge in [0.25, 0.3) is 0 Å². The molecule has 2 aromatic rings. The van der Waals surface area contributed by atoms with E-state index in [1.807, 2.05) is 19.1 Å². The number of aryl methyl sites for hydroxylation is 2. The van der Waals surface area contributed by atoms with Crippen molar-refractivity contribution < 1.29 is 5.11 Å². The van der Waals surface area contributed by atoms with Gasteiger partial charge in [0, 0.05) is 6.42 Å². The van der Waals surface area contributed by atoms with Crippen LogP contribution in [0.15, 0.2) is 42.5 Å². The standard InChI is InChI=1S/C18H19NO/c1-13-4-5-14(2)16(10-13)11-18(3,20)17-8-6-15(12-19)7-9-17/h4-10,20H,11H2,1-3H3. The number of rotatable bonds is 3. The molecule has 2 heteroatoms. The van der Waals surface area contributed by atoms with Crippen LogP contribution in [-0.4, -0.2) is 5.11 Å². The quantitative estimate of drug-likeness (QED) is 0.921. The Labute approximate surface area is 120 Å². The Hall–Kier alpha value is -2.11. The van der Waals surface area contributed by atoms with Gasteiger partial charge in [-0.2, -0.15) is 5.26 Å². The highest BCUT2D eigenvalue weighted by Gasteiger charge is 2.24. The summed E-state index contributed by atoms with van der Waals surface area (Å²) in [5, 5.41) is 19.6. The molecular weight excluding hydrogens is 246 g/mol. The Kier molecular flexibility index (Phi) is 3.92. The van der Waals surface area contributed by atoms with Crippen molar-refractivity contribution in [3.05, 3.63) is 70.3 Å². The summed E-state index contributed by atoms with van der Waals surface area (Å²) in [5.41, 5.74) is 4.03. The monoisotopic (exact) mass is 265 g/mol. The van der Waals surface area contributed by atoms with Crippen LogP contribution < -0.4 is 0 Å². The first kappa shape index (κ1) is 14.3. The molecule has 1 unspecified atom stereocenters. The van der Waals surface area contributed by atoms with E-state index in [0.29, 0.717) is 12.0 Å². The minimum Gasteiger partial charge on any atom is -0.385 e. The number of hydrogen-bond donors (Lipinski definition) is 1. The van der Waals surface area contributed by atoms with Crippen molar-refractivity contribution >= 4 is 0 Å². The Morgan fingerprint density at radius 1 is 1.10 bits per heavy atom. The molecule has 20 heavy (non-hydrogen) atoms. The van der Waals surface area contributed by atoms with Crippen molar-refractivity contribution in [2.24, 2.45) is 0 Å². The third kappa shape index (κ3) is 3.07. The lowest BCUT2D eigenvalue weighted by atomic mass is 9.87. The van der Waals surface area contributed by atoms with E-state index < -0.39 is 5.60 Å². The van der Waals surface area contributed by atoms with Crippen LogP contribution in [0.1, 0.15) is 34.7 Å². The van der Waals surface area contributed by atoms with Gasteiger partial charge in [-0.05, 0) is 49.6 Å². The van der Waals surface area contributed by atoms with Crippen LogP contribution in [0.3, 0.4) is 0 Å². The smallest absolute Gasteiger partial charge is 0.0991 e. The summed E-state index contributed by atoms with van der Waals surface area (Å²) in [6, 6.07) is 15.5. The zero-order valence-corrected chi connectivity index (χ0v) is 12.1. The molecule has 0 fully saturated rings. The van der Waals surface area contributed by atoms with Crippen LogP contribution in [0.2, 0.25) is 0 Å². The molecule has 1 atom stereocenters. The van der Waals surface area contributed by atoms with Crippen molar-refractivity contribution in [1.82, 2.24) is 0 Å². The molecule has 0 aliphatic carbocycles. The Morgan fingerprint density at radius 2 is 1.75 bits per heavy atom. The lowest BCUT2D eigenvalue weighted by Gasteiger charge is -2.25. The molecule has 0 spiro atoms. The lowest BCUT2D eigenvalue weighted by Crippen LogP contribution is -2.24. The van der Waals surface area contributed by atoms with E-state index in [-0.39, 0.29) is 0 Å². The van der Waals surface area contributed by atoms with E-state index in [2.05, 4.69) is 38.1 Å². The Balaban J connectivity index is 2.30. The van der Waals surface area contributed by atoms with Crippen molar-refractivity contribution in [2.75, 3.05) is 0 Å².